The summed E-state index contributed by atoms with van der Waals surface area (Å²) in [6.07, 6.45) is 7.47. The van der Waals surface area contributed by atoms with Gasteiger partial charge in [-0.05, 0) is 42.2 Å². The van der Waals surface area contributed by atoms with E-state index in [1.807, 2.05) is 58.1 Å². The van der Waals surface area contributed by atoms with Crippen LogP contribution in [0.5, 0.6) is 0 Å². The van der Waals surface area contributed by atoms with Crippen molar-refractivity contribution < 1.29 is 9.59 Å². The van der Waals surface area contributed by atoms with Gasteiger partial charge in [0.25, 0.3) is 0 Å². The van der Waals surface area contributed by atoms with Crippen molar-refractivity contribution in [1.82, 2.24) is 14.9 Å². The maximum Gasteiger partial charge on any atom is 0.319 e. The summed E-state index contributed by atoms with van der Waals surface area (Å²) in [5, 5.41) is 5.66. The number of aromatic nitrogens is 2. The van der Waals surface area contributed by atoms with Crippen molar-refractivity contribution in [2.24, 2.45) is 0 Å². The molecule has 0 saturated carbocycles. The van der Waals surface area contributed by atoms with Gasteiger partial charge in [0.2, 0.25) is 5.91 Å². The second-order valence-electron chi connectivity index (χ2n) is 7.33. The lowest BCUT2D eigenvalue weighted by molar-refractivity contribution is -0.117. The average molecular weight is 403 g/mol. The second-order valence-corrected chi connectivity index (χ2v) is 7.33. The van der Waals surface area contributed by atoms with Crippen LogP contribution >= 0.6 is 0 Å². The Morgan fingerprint density at radius 2 is 1.90 bits per heavy atom. The van der Waals surface area contributed by atoms with Gasteiger partial charge < -0.3 is 20.1 Å². The Bertz CT molecular complexity index is 999. The van der Waals surface area contributed by atoms with Crippen LogP contribution in [0, 0.1) is 0 Å². The first-order chi connectivity index (χ1) is 14.7. The first-order valence-corrected chi connectivity index (χ1v) is 10.2. The standard InChI is InChI=1S/C23H25N5O2/c29-22(28-14-10-19-4-1-2-5-21(19)28)16-18-6-8-20(9-7-18)26-23(30)25-11-3-13-27-15-12-24-17-27/h1-2,4-9,12,15,17H,3,10-11,13-14,16H2,(H2,25,26,30). The molecule has 1 aromatic heterocycles. The highest BCUT2D eigenvalue weighted by molar-refractivity contribution is 5.96. The third-order valence-corrected chi connectivity index (χ3v) is 5.19. The highest BCUT2D eigenvalue weighted by atomic mass is 16.2. The molecule has 2 N–H and O–H groups in total. The van der Waals surface area contributed by atoms with Crippen molar-refractivity contribution in [3.63, 3.8) is 0 Å². The number of nitrogens with one attached hydrogen (secondary N) is 2. The van der Waals surface area contributed by atoms with E-state index in [0.717, 1.165) is 37.2 Å². The van der Waals surface area contributed by atoms with E-state index in [-0.39, 0.29) is 11.9 Å². The van der Waals surface area contributed by atoms with Crippen molar-refractivity contribution in [3.8, 4) is 0 Å². The average Bonchev–Trinajstić information content (AvgIpc) is 3.42. The Kier molecular flexibility index (Phi) is 6.08. The number of carbonyl (C=O) groups is 2. The van der Waals surface area contributed by atoms with Crippen LogP contribution in [0.3, 0.4) is 0 Å². The molecule has 0 aliphatic carbocycles. The van der Waals surface area contributed by atoms with E-state index in [1.165, 1.54) is 5.56 Å². The van der Waals surface area contributed by atoms with E-state index in [1.54, 1.807) is 12.5 Å². The maximum atomic E-state index is 12.7. The van der Waals surface area contributed by atoms with Crippen LogP contribution in [0.2, 0.25) is 0 Å². The summed E-state index contributed by atoms with van der Waals surface area (Å²) in [5.74, 6) is 0.0938. The van der Waals surface area contributed by atoms with Gasteiger partial charge in [-0.15, -0.1) is 0 Å². The van der Waals surface area contributed by atoms with Crippen LogP contribution in [0.4, 0.5) is 16.2 Å². The van der Waals surface area contributed by atoms with Crippen LogP contribution in [0.1, 0.15) is 17.5 Å². The van der Waals surface area contributed by atoms with Crippen LogP contribution in [0.15, 0.2) is 67.3 Å². The molecule has 7 nitrogen and oxygen atoms in total. The van der Waals surface area contributed by atoms with Gasteiger partial charge in [0.1, 0.15) is 0 Å². The van der Waals surface area contributed by atoms with E-state index in [9.17, 15) is 9.59 Å². The minimum Gasteiger partial charge on any atom is -0.338 e. The molecular weight excluding hydrogens is 378 g/mol. The second kappa shape index (κ2) is 9.26. The number of aryl methyl sites for hydroxylation is 1. The van der Waals surface area contributed by atoms with Gasteiger partial charge in [0, 0.05) is 43.4 Å². The number of hydrogen-bond acceptors (Lipinski definition) is 3. The number of anilines is 2. The lowest BCUT2D eigenvalue weighted by Crippen LogP contribution is -2.30. The molecule has 3 amide bonds. The summed E-state index contributed by atoms with van der Waals surface area (Å²) in [5.41, 5.74) is 3.87. The lowest BCUT2D eigenvalue weighted by atomic mass is 10.1. The number of hydrogen-bond donors (Lipinski definition) is 2. The minimum atomic E-state index is -0.238. The predicted molar refractivity (Wildman–Crippen MR) is 117 cm³/mol. The smallest absolute Gasteiger partial charge is 0.319 e. The van der Waals surface area contributed by atoms with E-state index in [2.05, 4.69) is 21.7 Å². The van der Waals surface area contributed by atoms with Crippen molar-refractivity contribution in [2.75, 3.05) is 23.3 Å². The number of fused-ring (bicyclic) bond motifs is 1. The first kappa shape index (κ1) is 19.7. The molecule has 0 fully saturated rings. The third kappa shape index (κ3) is 4.86. The molecule has 0 unspecified atom stereocenters. The monoisotopic (exact) mass is 403 g/mol. The predicted octanol–water partition coefficient (Wildman–Crippen LogP) is 3.23. The maximum absolute atomic E-state index is 12.7. The molecule has 1 aliphatic rings. The first-order valence-electron chi connectivity index (χ1n) is 10.2. The molecule has 1 aliphatic heterocycles. The molecule has 7 heteroatoms. The number of para-hydroxylation sites is 1. The summed E-state index contributed by atoms with van der Waals surface area (Å²) >= 11 is 0. The van der Waals surface area contributed by atoms with E-state index < -0.39 is 0 Å². The number of nitrogens with zero attached hydrogens (tertiary/aromatic N) is 3. The molecule has 2 heterocycles. The van der Waals surface area contributed by atoms with E-state index in [4.69, 9.17) is 0 Å². The van der Waals surface area contributed by atoms with E-state index >= 15 is 0 Å². The van der Waals surface area contributed by atoms with Gasteiger partial charge in [-0.3, -0.25) is 4.79 Å². The molecule has 0 atom stereocenters. The Balaban J connectivity index is 1.23. The molecule has 3 aromatic rings. The van der Waals surface area contributed by atoms with Crippen LogP contribution in [-0.4, -0.2) is 34.6 Å². The number of urea groups is 1. The molecule has 0 radical (unpaired) electrons. The topological polar surface area (TPSA) is 79.3 Å². The fraction of sp³-hybridized carbons (Fsp3) is 0.261. The van der Waals surface area contributed by atoms with Gasteiger partial charge in [0.15, 0.2) is 0 Å². The summed E-state index contributed by atoms with van der Waals surface area (Å²) in [4.78, 5) is 30.6. The molecular formula is C23H25N5O2. The summed E-state index contributed by atoms with van der Waals surface area (Å²) in [6, 6.07) is 15.2. The third-order valence-electron chi connectivity index (χ3n) is 5.19. The van der Waals surface area contributed by atoms with Crippen molar-refractivity contribution in [2.45, 2.75) is 25.8 Å². The highest BCUT2D eigenvalue weighted by Crippen LogP contribution is 2.28. The van der Waals surface area contributed by atoms with Gasteiger partial charge in [-0.1, -0.05) is 30.3 Å². The molecule has 0 bridgehead atoms. The van der Waals surface area contributed by atoms with Crippen molar-refractivity contribution in [3.05, 3.63) is 78.4 Å². The van der Waals surface area contributed by atoms with E-state index in [0.29, 0.717) is 18.7 Å². The molecule has 0 spiro atoms. The summed E-state index contributed by atoms with van der Waals surface area (Å²) < 4.78 is 1.97. The number of imidazole rings is 1. The Labute approximate surface area is 175 Å². The zero-order valence-corrected chi connectivity index (χ0v) is 16.8. The van der Waals surface area contributed by atoms with Crippen molar-refractivity contribution in [1.29, 1.82) is 0 Å². The fourth-order valence-electron chi connectivity index (χ4n) is 3.63. The SMILES string of the molecule is O=C(NCCCn1ccnc1)Nc1ccc(CC(=O)N2CCc3ccccc32)cc1. The lowest BCUT2D eigenvalue weighted by Gasteiger charge is -2.17. The van der Waals surface area contributed by atoms with Crippen LogP contribution in [0.25, 0.3) is 0 Å². The zero-order chi connectivity index (χ0) is 20.8. The quantitative estimate of drug-likeness (QED) is 0.595. The van der Waals surface area contributed by atoms with Crippen LogP contribution < -0.4 is 15.5 Å². The summed E-state index contributed by atoms with van der Waals surface area (Å²) in [7, 11) is 0. The summed E-state index contributed by atoms with van der Waals surface area (Å²) in [6.45, 7) is 2.12. The Morgan fingerprint density at radius 1 is 1.07 bits per heavy atom. The highest BCUT2D eigenvalue weighted by Gasteiger charge is 2.23. The van der Waals surface area contributed by atoms with Crippen LogP contribution in [-0.2, 0) is 24.2 Å². The van der Waals surface area contributed by atoms with Gasteiger partial charge >= 0.3 is 6.03 Å². The minimum absolute atomic E-state index is 0.0938. The molecule has 2 aromatic carbocycles. The van der Waals surface area contributed by atoms with Gasteiger partial charge in [-0.25, -0.2) is 9.78 Å². The largest absolute Gasteiger partial charge is 0.338 e. The van der Waals surface area contributed by atoms with Crippen molar-refractivity contribution >= 4 is 23.3 Å². The van der Waals surface area contributed by atoms with Gasteiger partial charge in [-0.2, -0.15) is 0 Å². The number of benzene rings is 2. The molecule has 154 valence electrons. The molecule has 4 rings (SSSR count). The normalized spacial score (nSPS) is 12.5. The number of carbonyl (C=O) groups excluding carboxylic acids is 2. The molecule has 0 saturated heterocycles. The zero-order valence-electron chi connectivity index (χ0n) is 16.8. The Morgan fingerprint density at radius 3 is 2.70 bits per heavy atom. The molecule has 30 heavy (non-hydrogen) atoms. The number of amides is 3. The Hall–Kier alpha value is -3.61. The number of rotatable bonds is 7. The fourth-order valence-corrected chi connectivity index (χ4v) is 3.63. The van der Waals surface area contributed by atoms with Gasteiger partial charge in [0.05, 0.1) is 12.7 Å².